The van der Waals surface area contributed by atoms with Gasteiger partial charge in [0.25, 0.3) is 0 Å². The molecule has 0 spiro atoms. The molecule has 0 radical (unpaired) electrons. The van der Waals surface area contributed by atoms with E-state index in [1.807, 2.05) is 13.1 Å². The molecule has 0 aliphatic carbocycles. The van der Waals surface area contributed by atoms with Crippen molar-refractivity contribution >= 4 is 22.4 Å². The minimum atomic E-state index is 0.611. The first-order valence-corrected chi connectivity index (χ1v) is 3.94. The number of hydrogen-bond acceptors (Lipinski definition) is 4. The van der Waals surface area contributed by atoms with Gasteiger partial charge in [0.1, 0.15) is 10.8 Å². The summed E-state index contributed by atoms with van der Waals surface area (Å²) < 4.78 is 3.96. The number of nitrogen functional groups attached to an aromatic ring is 1. The van der Waals surface area contributed by atoms with Crippen LogP contribution in [0.3, 0.4) is 0 Å². The minimum Gasteiger partial charge on any atom is -0.383 e. The van der Waals surface area contributed by atoms with Gasteiger partial charge in [0, 0.05) is 19.7 Å². The maximum atomic E-state index is 5.44. The van der Waals surface area contributed by atoms with Crippen molar-refractivity contribution in [1.29, 1.82) is 0 Å². The van der Waals surface area contributed by atoms with Gasteiger partial charge in [0.2, 0.25) is 0 Å². The molecule has 2 N–H and O–H groups in total. The molecule has 0 fully saturated rings. The van der Waals surface area contributed by atoms with Gasteiger partial charge in [-0.2, -0.15) is 4.37 Å². The van der Waals surface area contributed by atoms with E-state index in [4.69, 9.17) is 5.73 Å². The highest BCUT2D eigenvalue weighted by molar-refractivity contribution is 7.10. The number of aromatic nitrogens is 1. The highest BCUT2D eigenvalue weighted by Gasteiger charge is 2.00. The van der Waals surface area contributed by atoms with E-state index in [0.29, 0.717) is 5.82 Å². The summed E-state index contributed by atoms with van der Waals surface area (Å²) in [6, 6.07) is 1.88. The van der Waals surface area contributed by atoms with E-state index in [0.717, 1.165) is 11.5 Å². The molecular weight excluding hydrogens is 146 g/mol. The van der Waals surface area contributed by atoms with Gasteiger partial charge in [-0.3, -0.25) is 0 Å². The van der Waals surface area contributed by atoms with Gasteiger partial charge in [0.05, 0.1) is 0 Å². The Morgan fingerprint density at radius 2 is 2.50 bits per heavy atom. The fourth-order valence-corrected chi connectivity index (χ4v) is 1.31. The third-order valence-electron chi connectivity index (χ3n) is 1.37. The summed E-state index contributed by atoms with van der Waals surface area (Å²) in [5, 5.41) is 1.13. The molecule has 1 aromatic rings. The topological polar surface area (TPSA) is 42.1 Å². The molecule has 0 saturated heterocycles. The molecule has 3 nitrogen and oxygen atoms in total. The number of hydrogen-bond donors (Lipinski definition) is 1. The van der Waals surface area contributed by atoms with Crippen molar-refractivity contribution in [3.05, 3.63) is 6.07 Å². The van der Waals surface area contributed by atoms with Gasteiger partial charge in [-0.25, -0.2) is 0 Å². The van der Waals surface area contributed by atoms with E-state index >= 15 is 0 Å². The van der Waals surface area contributed by atoms with E-state index < -0.39 is 0 Å². The summed E-state index contributed by atoms with van der Waals surface area (Å²) in [6.07, 6.45) is 0. The monoisotopic (exact) mass is 157 g/mol. The SMILES string of the molecule is CCN(C)c1cc(N)ns1. The Morgan fingerprint density at radius 3 is 2.90 bits per heavy atom. The number of anilines is 2. The second-order valence-electron chi connectivity index (χ2n) is 2.10. The van der Waals surface area contributed by atoms with Crippen LogP contribution < -0.4 is 10.6 Å². The highest BCUT2D eigenvalue weighted by Crippen LogP contribution is 2.20. The first-order valence-electron chi connectivity index (χ1n) is 3.17. The second-order valence-corrected chi connectivity index (χ2v) is 2.89. The Bertz CT molecular complexity index is 209. The van der Waals surface area contributed by atoms with Crippen LogP contribution in [-0.2, 0) is 0 Å². The quantitative estimate of drug-likeness (QED) is 0.701. The molecule has 0 aromatic carbocycles. The molecule has 1 heterocycles. The van der Waals surface area contributed by atoms with Gasteiger partial charge in [-0.05, 0) is 18.5 Å². The van der Waals surface area contributed by atoms with Crippen LogP contribution in [0.4, 0.5) is 10.8 Å². The van der Waals surface area contributed by atoms with Crippen LogP contribution in [0.15, 0.2) is 6.07 Å². The zero-order valence-electron chi connectivity index (χ0n) is 6.16. The third-order valence-corrected chi connectivity index (χ3v) is 2.29. The van der Waals surface area contributed by atoms with Crippen molar-refractivity contribution in [2.45, 2.75) is 6.92 Å². The Kier molecular flexibility index (Phi) is 2.11. The molecule has 10 heavy (non-hydrogen) atoms. The molecule has 0 aliphatic rings. The summed E-state index contributed by atoms with van der Waals surface area (Å²) in [5.74, 6) is 0.611. The van der Waals surface area contributed by atoms with E-state index in [2.05, 4.69) is 16.2 Å². The Labute approximate surface area is 64.6 Å². The van der Waals surface area contributed by atoms with E-state index in [-0.39, 0.29) is 0 Å². The van der Waals surface area contributed by atoms with Crippen LogP contribution in [-0.4, -0.2) is 18.0 Å². The molecule has 0 amide bonds. The van der Waals surface area contributed by atoms with Crippen molar-refractivity contribution < 1.29 is 0 Å². The zero-order chi connectivity index (χ0) is 7.56. The largest absolute Gasteiger partial charge is 0.383 e. The molecular formula is C6H11N3S. The van der Waals surface area contributed by atoms with Crippen LogP contribution in [0, 0.1) is 0 Å². The van der Waals surface area contributed by atoms with Gasteiger partial charge < -0.3 is 10.6 Å². The fourth-order valence-electron chi connectivity index (χ4n) is 0.614. The fraction of sp³-hybridized carbons (Fsp3) is 0.500. The average Bonchev–Trinajstić information content (AvgIpc) is 2.34. The highest BCUT2D eigenvalue weighted by atomic mass is 32.1. The molecule has 0 bridgehead atoms. The van der Waals surface area contributed by atoms with E-state index in [1.54, 1.807) is 0 Å². The predicted octanol–water partition coefficient (Wildman–Crippen LogP) is 1.18. The molecule has 1 aromatic heterocycles. The summed E-state index contributed by atoms with van der Waals surface area (Å²) in [7, 11) is 2.02. The number of nitrogens with two attached hydrogens (primary N) is 1. The summed E-state index contributed by atoms with van der Waals surface area (Å²) in [6.45, 7) is 3.08. The third kappa shape index (κ3) is 1.39. The van der Waals surface area contributed by atoms with Crippen LogP contribution in [0.5, 0.6) is 0 Å². The molecule has 1 rings (SSSR count). The van der Waals surface area contributed by atoms with Crippen LogP contribution in [0.25, 0.3) is 0 Å². The first-order chi connectivity index (χ1) is 4.74. The van der Waals surface area contributed by atoms with Gasteiger partial charge in [-0.1, -0.05) is 0 Å². The van der Waals surface area contributed by atoms with Crippen molar-refractivity contribution in [1.82, 2.24) is 4.37 Å². The summed E-state index contributed by atoms with van der Waals surface area (Å²) in [5.41, 5.74) is 5.44. The van der Waals surface area contributed by atoms with Gasteiger partial charge in [0.15, 0.2) is 0 Å². The average molecular weight is 157 g/mol. The zero-order valence-corrected chi connectivity index (χ0v) is 6.98. The number of nitrogens with zero attached hydrogens (tertiary/aromatic N) is 2. The minimum absolute atomic E-state index is 0.611. The molecule has 0 unspecified atom stereocenters. The van der Waals surface area contributed by atoms with Crippen molar-refractivity contribution in [2.24, 2.45) is 0 Å². The van der Waals surface area contributed by atoms with Gasteiger partial charge in [-0.15, -0.1) is 0 Å². The predicted molar refractivity (Wildman–Crippen MR) is 45.5 cm³/mol. The second kappa shape index (κ2) is 2.88. The molecule has 0 aliphatic heterocycles. The Morgan fingerprint density at radius 1 is 1.80 bits per heavy atom. The molecule has 4 heteroatoms. The first kappa shape index (κ1) is 7.34. The van der Waals surface area contributed by atoms with Crippen LogP contribution in [0.1, 0.15) is 6.92 Å². The lowest BCUT2D eigenvalue weighted by Crippen LogP contribution is -2.13. The van der Waals surface area contributed by atoms with E-state index in [1.165, 1.54) is 11.5 Å². The smallest absolute Gasteiger partial charge is 0.139 e. The van der Waals surface area contributed by atoms with Crippen LogP contribution >= 0.6 is 11.5 Å². The van der Waals surface area contributed by atoms with Crippen molar-refractivity contribution in [3.8, 4) is 0 Å². The summed E-state index contributed by atoms with van der Waals surface area (Å²) in [4.78, 5) is 2.11. The lowest BCUT2D eigenvalue weighted by atomic mass is 10.5. The molecule has 0 atom stereocenters. The van der Waals surface area contributed by atoms with Gasteiger partial charge >= 0.3 is 0 Å². The lowest BCUT2D eigenvalue weighted by molar-refractivity contribution is 0.982. The maximum absolute atomic E-state index is 5.44. The van der Waals surface area contributed by atoms with E-state index in [9.17, 15) is 0 Å². The maximum Gasteiger partial charge on any atom is 0.139 e. The summed E-state index contributed by atoms with van der Waals surface area (Å²) >= 11 is 1.43. The molecule has 56 valence electrons. The molecule has 0 saturated carbocycles. The standard InChI is InChI=1S/C6H11N3S/c1-3-9(2)6-4-5(7)8-10-6/h4H,3H2,1-2H3,(H2,7,8). The lowest BCUT2D eigenvalue weighted by Gasteiger charge is -2.11. The Balaban J connectivity index is 2.74. The van der Waals surface area contributed by atoms with Crippen LogP contribution in [0.2, 0.25) is 0 Å². The normalized spacial score (nSPS) is 9.80. The van der Waals surface area contributed by atoms with Crippen molar-refractivity contribution in [3.63, 3.8) is 0 Å². The van der Waals surface area contributed by atoms with Crippen molar-refractivity contribution in [2.75, 3.05) is 24.2 Å². The Hall–Kier alpha value is -0.770. The number of rotatable bonds is 2.